The lowest BCUT2D eigenvalue weighted by Crippen LogP contribution is -2.62. The average molecular weight is 1430 g/mol. The number of nitrogens with zero attached hydrogens (tertiary/aromatic N) is 1. The van der Waals surface area contributed by atoms with Gasteiger partial charge in [-0.05, 0) is 81.6 Å². The summed E-state index contributed by atoms with van der Waals surface area (Å²) >= 11 is 1.49. The first-order chi connectivity index (χ1) is 47.6. The molecule has 5 amide bonds. The largest absolute Gasteiger partial charge is 0.462 e. The number of fused-ring (bicyclic) bond motifs is 2. The van der Waals surface area contributed by atoms with Crippen LogP contribution in [0.25, 0.3) is 0 Å². The topological polar surface area (TPSA) is 450 Å². The van der Waals surface area contributed by atoms with Crippen LogP contribution in [0.2, 0.25) is 0 Å². The maximum absolute atomic E-state index is 14.4. The molecule has 3 aliphatic heterocycles. The van der Waals surface area contributed by atoms with Crippen molar-refractivity contribution in [2.45, 2.75) is 228 Å². The highest BCUT2D eigenvalue weighted by molar-refractivity contribution is 7.98. The molecule has 0 saturated carbocycles. The van der Waals surface area contributed by atoms with E-state index in [-0.39, 0.29) is 76.7 Å². The molecule has 0 aliphatic carbocycles. The highest BCUT2D eigenvalue weighted by atomic mass is 32.2. The van der Waals surface area contributed by atoms with E-state index in [9.17, 15) is 79.8 Å². The van der Waals surface area contributed by atoms with Gasteiger partial charge in [0.2, 0.25) is 30.0 Å². The Morgan fingerprint density at radius 2 is 1.30 bits per heavy atom. The maximum atomic E-state index is 14.4. The zero-order chi connectivity index (χ0) is 73.9. The number of nitrogens with one attached hydrogen (secondary N) is 5. The van der Waals surface area contributed by atoms with Gasteiger partial charge in [-0.1, -0.05) is 113 Å². The van der Waals surface area contributed by atoms with Crippen molar-refractivity contribution in [3.05, 3.63) is 115 Å². The fourth-order valence-corrected chi connectivity index (χ4v) is 12.1. The number of amides is 5. The monoisotopic (exact) mass is 1430 g/mol. The summed E-state index contributed by atoms with van der Waals surface area (Å²) in [7, 11) is 0. The highest BCUT2D eigenvalue weighted by Gasteiger charge is 2.51. The lowest BCUT2D eigenvalue weighted by molar-refractivity contribution is -0.307. The van der Waals surface area contributed by atoms with E-state index in [0.29, 0.717) is 24.1 Å². The number of esters is 1. The van der Waals surface area contributed by atoms with E-state index in [1.54, 1.807) is 105 Å². The Hall–Kier alpha value is -6.10. The maximum Gasteiger partial charge on any atom is 0.308 e. The number of hydrogen-bond donors (Lipinski definition) is 16. The quantitative estimate of drug-likeness (QED) is 0.0400. The number of thioether (sulfide) groups is 1. The molecule has 2 fully saturated rings. The van der Waals surface area contributed by atoms with Crippen LogP contribution in [0.15, 0.2) is 110 Å². The average Bonchev–Trinajstić information content (AvgIpc) is 0.788. The van der Waals surface area contributed by atoms with E-state index in [2.05, 4.69) is 31.6 Å². The predicted molar refractivity (Wildman–Crippen MR) is 373 cm³/mol. The number of rotatable bonds is 23. The number of hydrogen-bond acceptors (Lipinski definition) is 24. The molecule has 1 aromatic rings. The number of carbonyl (C=O) groups is 6. The van der Waals surface area contributed by atoms with Crippen LogP contribution in [0.1, 0.15) is 111 Å². The third-order valence-electron chi connectivity index (χ3n) is 17.5. The second-order valence-corrected chi connectivity index (χ2v) is 27.3. The lowest BCUT2D eigenvalue weighted by Gasteiger charge is -2.46. The van der Waals surface area contributed by atoms with Crippen LogP contribution in [0.3, 0.4) is 0 Å². The van der Waals surface area contributed by atoms with Gasteiger partial charge in [-0.15, -0.1) is 0 Å². The zero-order valence-electron chi connectivity index (χ0n) is 58.4. The molecule has 100 heavy (non-hydrogen) atoms. The molecule has 562 valence electrons. The minimum Gasteiger partial charge on any atom is -0.462 e. The van der Waals surface area contributed by atoms with Crippen LogP contribution in [0.5, 0.6) is 0 Å². The summed E-state index contributed by atoms with van der Waals surface area (Å²) in [6.45, 7) is 10.1. The van der Waals surface area contributed by atoms with Gasteiger partial charge in [0.1, 0.15) is 30.3 Å². The van der Waals surface area contributed by atoms with Gasteiger partial charge < -0.3 is 107 Å². The van der Waals surface area contributed by atoms with Gasteiger partial charge in [-0.25, -0.2) is 0 Å². The summed E-state index contributed by atoms with van der Waals surface area (Å²) in [5.41, 5.74) is 6.86. The number of cyclic esters (lactones) is 1. The normalized spacial score (nSPS) is 32.2. The number of nitrogens with two attached hydrogens (primary N) is 1. The van der Waals surface area contributed by atoms with Crippen LogP contribution in [0, 0.1) is 23.7 Å². The summed E-state index contributed by atoms with van der Waals surface area (Å²) in [4.78, 5) is 83.6. The second kappa shape index (κ2) is 45.8. The van der Waals surface area contributed by atoms with Crippen molar-refractivity contribution in [2.75, 3.05) is 38.3 Å². The van der Waals surface area contributed by atoms with Crippen LogP contribution in [-0.4, -0.2) is 246 Å². The second-order valence-electron chi connectivity index (χ2n) is 26.4. The first kappa shape index (κ1) is 86.3. The molecule has 0 radical (unpaired) electrons. The predicted octanol–water partition coefficient (Wildman–Crippen LogP) is 0.397. The Morgan fingerprint density at radius 1 is 0.700 bits per heavy atom. The summed E-state index contributed by atoms with van der Waals surface area (Å²) in [6.07, 6.45) is 8.55. The van der Waals surface area contributed by atoms with Gasteiger partial charge >= 0.3 is 5.97 Å². The smallest absolute Gasteiger partial charge is 0.308 e. The van der Waals surface area contributed by atoms with Crippen LogP contribution >= 0.6 is 11.8 Å². The number of aliphatic hydroxyl groups is 10. The van der Waals surface area contributed by atoms with Gasteiger partial charge in [-0.3, -0.25) is 33.8 Å². The summed E-state index contributed by atoms with van der Waals surface area (Å²) in [5, 5.41) is 125. The molecule has 22 unspecified atom stereocenters. The molecule has 0 spiro atoms. The van der Waals surface area contributed by atoms with Crippen LogP contribution in [0.4, 0.5) is 0 Å². The minimum absolute atomic E-state index is 0.0526. The molecular weight excluding hydrogens is 1320 g/mol. The van der Waals surface area contributed by atoms with Gasteiger partial charge in [0.05, 0.1) is 98.7 Å². The number of aromatic nitrogens is 1. The zero-order valence-corrected chi connectivity index (χ0v) is 59.2. The summed E-state index contributed by atoms with van der Waals surface area (Å²) < 4.78 is 29.8. The highest BCUT2D eigenvalue weighted by Crippen LogP contribution is 2.38. The number of aliphatic hydroxyl groups excluding tert-OH is 9. The van der Waals surface area contributed by atoms with Crippen LogP contribution in [-0.2, 0) is 58.9 Å². The molecule has 4 rings (SSSR count). The van der Waals surface area contributed by atoms with Gasteiger partial charge in [0, 0.05) is 69.4 Å². The molecule has 22 atom stereocenters. The fraction of sp³-hybridized carbons (Fsp3) is 0.648. The minimum atomic E-state index is -2.40. The Labute approximate surface area is 591 Å². The molecule has 4 heterocycles. The van der Waals surface area contributed by atoms with E-state index in [1.807, 2.05) is 33.1 Å². The van der Waals surface area contributed by atoms with Crippen molar-refractivity contribution in [2.24, 2.45) is 29.4 Å². The number of allylic oxidation sites excluding steroid dienone is 12. The van der Waals surface area contributed by atoms with Crippen molar-refractivity contribution >= 4 is 47.8 Å². The van der Waals surface area contributed by atoms with E-state index >= 15 is 0 Å². The van der Waals surface area contributed by atoms with E-state index < -0.39 is 183 Å². The molecule has 0 aromatic carbocycles. The van der Waals surface area contributed by atoms with Crippen molar-refractivity contribution in [3.63, 3.8) is 0 Å². The van der Waals surface area contributed by atoms with Gasteiger partial charge in [-0.2, -0.15) is 11.8 Å². The van der Waals surface area contributed by atoms with E-state index in [0.717, 1.165) is 0 Å². The molecule has 2 saturated heterocycles. The van der Waals surface area contributed by atoms with Crippen molar-refractivity contribution < 1.29 is 104 Å². The van der Waals surface area contributed by atoms with E-state index in [1.165, 1.54) is 31.1 Å². The van der Waals surface area contributed by atoms with Crippen molar-refractivity contribution in [1.29, 1.82) is 0 Å². The summed E-state index contributed by atoms with van der Waals surface area (Å²) in [5.74, 6) is -7.39. The van der Waals surface area contributed by atoms with Crippen LogP contribution < -0.4 is 32.3 Å². The Bertz CT molecular complexity index is 2840. The lowest BCUT2D eigenvalue weighted by atomic mass is 9.82. The van der Waals surface area contributed by atoms with Gasteiger partial charge in [0.25, 0.3) is 0 Å². The molecule has 28 nitrogen and oxygen atoms in total. The van der Waals surface area contributed by atoms with E-state index in [4.69, 9.17) is 29.4 Å². The molecule has 17 N–H and O–H groups in total. The molecule has 3 aliphatic rings. The molecule has 2 bridgehead atoms. The van der Waals surface area contributed by atoms with Crippen molar-refractivity contribution in [3.8, 4) is 0 Å². The Morgan fingerprint density at radius 3 is 1.92 bits per heavy atom. The third-order valence-corrected chi connectivity index (χ3v) is 18.1. The van der Waals surface area contributed by atoms with Crippen molar-refractivity contribution in [1.82, 2.24) is 31.6 Å². The van der Waals surface area contributed by atoms with Gasteiger partial charge in [0.15, 0.2) is 12.1 Å². The fourth-order valence-electron chi connectivity index (χ4n) is 11.6. The Balaban J connectivity index is 1.55. The standard InChI is InChI=1S/C71H111N7O21S/c1-43(2)34-54(77-67(91)53(76-42-79)26-33-100-7)68(92)78-55(35-48-24-27-73-28-25-48)66(90)74-29-31-95-32-30-75-69(93)61-58(85)41-71(94)40-51(82)37-57(84)56(83)23-22-49(80)36-50(81)38-60(86)96-46(5)45(4)63(87)44(3)20-18-16-14-12-10-8-9-11-13-15-17-19-21-52(39-59(61)99-71)98-70-65(89)62(72)64(88)47(6)97-70/h8-21,24-25,27-28,42-47,49-59,61-65,70,80-85,87-89,94H,22-23,26,29-41,72H2,1-7H3,(H,74,90)(H,75,93)(H,76,79)(H,77,91)(H,78,92). The third kappa shape index (κ3) is 31.2. The molecular formula is C71H111N7O21S. The number of ether oxygens (including phenoxy) is 5. The number of pyridine rings is 1. The first-order valence-electron chi connectivity index (χ1n) is 34.3. The SMILES string of the molecule is CSCCC(NC=O)C(=O)NC(CC(C)C)C(=O)NC(Cc1ccncc1)C(=O)NCCOCCNC(=O)C1C(O)CC2(O)CC(O)CC(O)C(O)CCC(O)CC(O)CC(=O)OC(C)C(C)C(O)C(C)C=CC=CC=CC=CC=CC=CC=CC(OC3OC(C)C(O)C(N)C3O)CC1O2. The molecule has 1 aromatic heterocycles. The Kier molecular flexibility index (Phi) is 39.5. The summed E-state index contributed by atoms with van der Waals surface area (Å²) in [6, 6.07) is -0.887. The molecule has 29 heteroatoms. The number of carbonyl (C=O) groups excluding carboxylic acids is 6. The first-order valence-corrected chi connectivity index (χ1v) is 35.7.